The van der Waals surface area contributed by atoms with Crippen LogP contribution >= 0.6 is 15.9 Å². The minimum absolute atomic E-state index is 0.125. The van der Waals surface area contributed by atoms with Crippen LogP contribution in [0.15, 0.2) is 22.7 Å². The van der Waals surface area contributed by atoms with E-state index in [1.165, 1.54) is 0 Å². The second kappa shape index (κ2) is 8.27. The third kappa shape index (κ3) is 5.51. The molecule has 0 spiro atoms. The monoisotopic (exact) mass is 342 g/mol. The number of carbonyl (C=O) groups is 1. The maximum atomic E-state index is 12.0. The molecule has 0 fully saturated rings. The predicted octanol–water partition coefficient (Wildman–Crippen LogP) is 2.80. The third-order valence-electron chi connectivity index (χ3n) is 2.97. The third-order valence-corrected chi connectivity index (χ3v) is 3.46. The lowest BCUT2D eigenvalue weighted by Gasteiger charge is -2.19. The number of hydrogen-bond donors (Lipinski definition) is 1. The van der Waals surface area contributed by atoms with Gasteiger partial charge in [0.05, 0.1) is 7.11 Å². The number of nitrogens with one attached hydrogen (secondary N) is 1. The molecule has 0 bridgehead atoms. The Bertz CT molecular complexity index is 449. The van der Waals surface area contributed by atoms with E-state index in [1.807, 2.05) is 25.2 Å². The Morgan fingerprint density at radius 3 is 2.75 bits per heavy atom. The number of carbonyl (C=O) groups excluding carboxylic acids is 1. The van der Waals surface area contributed by atoms with Crippen LogP contribution in [0.4, 0.5) is 0 Å². The van der Waals surface area contributed by atoms with Crippen molar-refractivity contribution in [3.63, 3.8) is 0 Å². The maximum absolute atomic E-state index is 12.0. The Morgan fingerprint density at radius 2 is 2.15 bits per heavy atom. The molecule has 0 unspecified atom stereocenters. The van der Waals surface area contributed by atoms with Crippen molar-refractivity contribution in [3.05, 3.63) is 28.2 Å². The summed E-state index contributed by atoms with van der Waals surface area (Å²) < 4.78 is 6.30. The van der Waals surface area contributed by atoms with Crippen LogP contribution in [0.25, 0.3) is 0 Å². The second-order valence-corrected chi connectivity index (χ2v) is 5.98. The summed E-state index contributed by atoms with van der Waals surface area (Å²) in [4.78, 5) is 13.8. The van der Waals surface area contributed by atoms with Gasteiger partial charge in [-0.05, 0) is 18.2 Å². The minimum atomic E-state index is 0.125. The van der Waals surface area contributed by atoms with Crippen molar-refractivity contribution in [2.24, 2.45) is 0 Å². The van der Waals surface area contributed by atoms with E-state index in [0.717, 1.165) is 15.8 Å². The number of amides is 1. The van der Waals surface area contributed by atoms with E-state index in [1.54, 1.807) is 12.0 Å². The molecule has 0 aromatic heterocycles. The summed E-state index contributed by atoms with van der Waals surface area (Å²) in [6.07, 6.45) is 0.505. The summed E-state index contributed by atoms with van der Waals surface area (Å²) in [7, 11) is 3.46. The molecule has 0 saturated heterocycles. The summed E-state index contributed by atoms with van der Waals surface area (Å²) in [6, 6.07) is 6.21. The number of nitrogens with zero attached hydrogens (tertiary/aromatic N) is 1. The molecule has 0 atom stereocenters. The van der Waals surface area contributed by atoms with Crippen molar-refractivity contribution in [1.29, 1.82) is 0 Å². The Hall–Kier alpha value is -1.07. The molecule has 0 saturated carbocycles. The molecule has 20 heavy (non-hydrogen) atoms. The first-order valence-electron chi connectivity index (χ1n) is 6.73. The standard InChI is InChI=1S/C15H23BrN2O2/c1-11(2)17-8-7-15(19)18(3)10-12-9-13(16)5-6-14(12)20-4/h5-6,9,11,17H,7-8,10H2,1-4H3. The maximum Gasteiger partial charge on any atom is 0.223 e. The van der Waals surface area contributed by atoms with Gasteiger partial charge in [-0.1, -0.05) is 29.8 Å². The van der Waals surface area contributed by atoms with E-state index in [9.17, 15) is 4.79 Å². The molecule has 1 aromatic carbocycles. The first kappa shape index (κ1) is 17.0. The van der Waals surface area contributed by atoms with Crippen LogP contribution in [0.2, 0.25) is 0 Å². The SMILES string of the molecule is COc1ccc(Br)cc1CN(C)C(=O)CCNC(C)C. The Balaban J connectivity index is 2.58. The van der Waals surface area contributed by atoms with Gasteiger partial charge in [-0.3, -0.25) is 4.79 Å². The summed E-state index contributed by atoms with van der Waals surface area (Å²) in [5, 5.41) is 3.25. The zero-order valence-electron chi connectivity index (χ0n) is 12.6. The lowest BCUT2D eigenvalue weighted by molar-refractivity contribution is -0.130. The fourth-order valence-corrected chi connectivity index (χ4v) is 2.28. The molecular weight excluding hydrogens is 320 g/mol. The first-order chi connectivity index (χ1) is 9.43. The highest BCUT2D eigenvalue weighted by Gasteiger charge is 2.12. The van der Waals surface area contributed by atoms with Gasteiger partial charge in [-0.2, -0.15) is 0 Å². The molecule has 1 amide bonds. The largest absolute Gasteiger partial charge is 0.496 e. The van der Waals surface area contributed by atoms with Crippen LogP contribution in [-0.4, -0.2) is 37.6 Å². The number of ether oxygens (including phenoxy) is 1. The highest BCUT2D eigenvalue weighted by atomic mass is 79.9. The zero-order chi connectivity index (χ0) is 15.1. The summed E-state index contributed by atoms with van der Waals surface area (Å²) in [6.45, 7) is 5.39. The smallest absolute Gasteiger partial charge is 0.223 e. The summed E-state index contributed by atoms with van der Waals surface area (Å²) in [5.74, 6) is 0.924. The fraction of sp³-hybridized carbons (Fsp3) is 0.533. The van der Waals surface area contributed by atoms with Crippen LogP contribution in [0, 0.1) is 0 Å². The van der Waals surface area contributed by atoms with Gasteiger partial charge in [0.2, 0.25) is 5.91 Å². The van der Waals surface area contributed by atoms with Crippen molar-refractivity contribution >= 4 is 21.8 Å². The number of halogens is 1. The average molecular weight is 343 g/mol. The van der Waals surface area contributed by atoms with Gasteiger partial charge >= 0.3 is 0 Å². The van der Waals surface area contributed by atoms with Gasteiger partial charge in [-0.15, -0.1) is 0 Å². The lowest BCUT2D eigenvalue weighted by Crippen LogP contribution is -2.31. The fourth-order valence-electron chi connectivity index (χ4n) is 1.87. The highest BCUT2D eigenvalue weighted by Crippen LogP contribution is 2.24. The van der Waals surface area contributed by atoms with E-state index in [0.29, 0.717) is 25.6 Å². The zero-order valence-corrected chi connectivity index (χ0v) is 14.2. The molecule has 1 N–H and O–H groups in total. The quantitative estimate of drug-likeness (QED) is 0.828. The molecule has 112 valence electrons. The lowest BCUT2D eigenvalue weighted by atomic mass is 10.2. The van der Waals surface area contributed by atoms with E-state index in [2.05, 4.69) is 35.1 Å². The van der Waals surface area contributed by atoms with E-state index in [4.69, 9.17) is 4.74 Å². The van der Waals surface area contributed by atoms with Gasteiger partial charge in [0.15, 0.2) is 0 Å². The Morgan fingerprint density at radius 1 is 1.45 bits per heavy atom. The van der Waals surface area contributed by atoms with Crippen molar-refractivity contribution in [2.75, 3.05) is 20.7 Å². The van der Waals surface area contributed by atoms with E-state index >= 15 is 0 Å². The Kier molecular flexibility index (Phi) is 7.02. The van der Waals surface area contributed by atoms with Crippen LogP contribution in [-0.2, 0) is 11.3 Å². The summed E-state index contributed by atoms with van der Waals surface area (Å²) >= 11 is 3.44. The first-order valence-corrected chi connectivity index (χ1v) is 7.53. The van der Waals surface area contributed by atoms with Gasteiger partial charge in [0.25, 0.3) is 0 Å². The molecule has 0 aliphatic carbocycles. The number of benzene rings is 1. The molecule has 5 heteroatoms. The summed E-state index contributed by atoms with van der Waals surface area (Å²) in [5.41, 5.74) is 0.995. The van der Waals surface area contributed by atoms with E-state index in [-0.39, 0.29) is 5.91 Å². The number of methoxy groups -OCH3 is 1. The second-order valence-electron chi connectivity index (χ2n) is 5.06. The van der Waals surface area contributed by atoms with Crippen LogP contribution in [0.5, 0.6) is 5.75 Å². The van der Waals surface area contributed by atoms with E-state index < -0.39 is 0 Å². The van der Waals surface area contributed by atoms with Gasteiger partial charge in [-0.25, -0.2) is 0 Å². The number of hydrogen-bond acceptors (Lipinski definition) is 3. The molecule has 1 aromatic rings. The van der Waals surface area contributed by atoms with Gasteiger partial charge < -0.3 is 15.0 Å². The molecular formula is C15H23BrN2O2. The molecule has 0 radical (unpaired) electrons. The highest BCUT2D eigenvalue weighted by molar-refractivity contribution is 9.10. The predicted molar refractivity (Wildman–Crippen MR) is 84.9 cm³/mol. The molecule has 0 aliphatic rings. The van der Waals surface area contributed by atoms with Crippen molar-refractivity contribution in [2.45, 2.75) is 32.9 Å². The Labute approximate surface area is 129 Å². The number of rotatable bonds is 7. The molecule has 1 rings (SSSR count). The van der Waals surface area contributed by atoms with Gasteiger partial charge in [0, 0.05) is 42.6 Å². The van der Waals surface area contributed by atoms with Crippen LogP contribution in [0.1, 0.15) is 25.8 Å². The van der Waals surface area contributed by atoms with Crippen LogP contribution in [0.3, 0.4) is 0 Å². The van der Waals surface area contributed by atoms with Gasteiger partial charge in [0.1, 0.15) is 5.75 Å². The molecule has 0 aliphatic heterocycles. The van der Waals surface area contributed by atoms with Crippen molar-refractivity contribution in [3.8, 4) is 5.75 Å². The van der Waals surface area contributed by atoms with Crippen molar-refractivity contribution in [1.82, 2.24) is 10.2 Å². The average Bonchev–Trinajstić information content (AvgIpc) is 2.38. The van der Waals surface area contributed by atoms with Crippen LogP contribution < -0.4 is 10.1 Å². The normalized spacial score (nSPS) is 10.7. The van der Waals surface area contributed by atoms with Crippen molar-refractivity contribution < 1.29 is 9.53 Å². The molecule has 0 heterocycles. The minimum Gasteiger partial charge on any atom is -0.496 e. The topological polar surface area (TPSA) is 41.6 Å². The molecule has 4 nitrogen and oxygen atoms in total.